The van der Waals surface area contributed by atoms with Crippen LogP contribution in [0.25, 0.3) is 0 Å². The number of piperidine rings is 1. The lowest BCUT2D eigenvalue weighted by atomic mass is 9.85. The average Bonchev–Trinajstić information content (AvgIpc) is 3.17. The average molecular weight is 661 g/mol. The summed E-state index contributed by atoms with van der Waals surface area (Å²) < 4.78 is 7.99. The van der Waals surface area contributed by atoms with Crippen LogP contribution >= 0.6 is 34.8 Å². The summed E-state index contributed by atoms with van der Waals surface area (Å²) in [6, 6.07) is 7.70. The van der Waals surface area contributed by atoms with Gasteiger partial charge in [-0.2, -0.15) is 5.06 Å². The molecule has 1 aromatic carbocycles. The van der Waals surface area contributed by atoms with Crippen molar-refractivity contribution >= 4 is 64.8 Å². The van der Waals surface area contributed by atoms with Gasteiger partial charge in [0.05, 0.1) is 24.4 Å². The first kappa shape index (κ1) is 32.8. The first-order valence-electron chi connectivity index (χ1n) is 13.6. The van der Waals surface area contributed by atoms with E-state index in [1.54, 1.807) is 63.3 Å². The van der Waals surface area contributed by atoms with Gasteiger partial charge >= 0.3 is 22.1 Å². The van der Waals surface area contributed by atoms with Crippen LogP contribution in [0.3, 0.4) is 0 Å². The van der Waals surface area contributed by atoms with Gasteiger partial charge in [0.1, 0.15) is 12.2 Å². The van der Waals surface area contributed by atoms with E-state index >= 15 is 0 Å². The molecular formula is C28H32Cl3N3O9. The molecule has 2 fully saturated rings. The molecule has 4 rings (SSSR count). The molecule has 12 nitrogen and oxygen atoms in total. The topological polar surface area (TPSA) is 143 Å². The predicted molar refractivity (Wildman–Crippen MR) is 153 cm³/mol. The van der Waals surface area contributed by atoms with E-state index in [0.29, 0.717) is 10.5 Å². The number of carbonyl (C=O) groups is 5. The standard InChI is InChI=1S/C28H32Cl3N3O9/c1-26(2,3)42-24(39)32-15-18(34(25(40)43-28(29,30)31)41-16-17-9-5-4-6-10-17)13-14-27(32,23(37)38)33-21(35)19-11-7-8-12-20(19)22(33)36/h4-10,18-20H,11-16H2,1-3H3,(H,37,38)/t18-,19?,20?,27-/m1/s1. The van der Waals surface area contributed by atoms with Crippen LogP contribution in [0.5, 0.6) is 0 Å². The van der Waals surface area contributed by atoms with Crippen molar-refractivity contribution in [1.82, 2.24) is 14.9 Å². The van der Waals surface area contributed by atoms with Crippen LogP contribution in [0.15, 0.2) is 42.5 Å². The van der Waals surface area contributed by atoms with Crippen LogP contribution in [-0.2, 0) is 35.3 Å². The zero-order chi connectivity index (χ0) is 31.7. The van der Waals surface area contributed by atoms with Gasteiger partial charge in [0.25, 0.3) is 0 Å². The minimum Gasteiger partial charge on any atom is -0.478 e. The Morgan fingerprint density at radius 2 is 1.58 bits per heavy atom. The molecule has 1 N–H and O–H groups in total. The number of allylic oxidation sites excluding steroid dienone is 2. The molecule has 4 amide bonds. The Balaban J connectivity index is 1.73. The summed E-state index contributed by atoms with van der Waals surface area (Å²) in [5.41, 5.74) is -2.85. The zero-order valence-corrected chi connectivity index (χ0v) is 26.0. The zero-order valence-electron chi connectivity index (χ0n) is 23.7. The van der Waals surface area contributed by atoms with Crippen molar-refractivity contribution in [3.8, 4) is 0 Å². The van der Waals surface area contributed by atoms with E-state index in [0.717, 1.165) is 9.96 Å². The lowest BCUT2D eigenvalue weighted by molar-refractivity contribution is -0.205. The number of rotatable bonds is 6. The fourth-order valence-corrected chi connectivity index (χ4v) is 5.77. The number of hydrogen-bond donors (Lipinski definition) is 1. The number of hydrogen-bond acceptors (Lipinski definition) is 8. The smallest absolute Gasteiger partial charge is 0.437 e. The number of benzene rings is 1. The van der Waals surface area contributed by atoms with Crippen molar-refractivity contribution in [3.63, 3.8) is 0 Å². The van der Waals surface area contributed by atoms with Gasteiger partial charge in [-0.25, -0.2) is 19.3 Å². The third-order valence-corrected chi connectivity index (χ3v) is 7.66. The molecule has 2 saturated heterocycles. The third-order valence-electron chi connectivity index (χ3n) is 7.43. The van der Waals surface area contributed by atoms with Crippen LogP contribution in [0, 0.1) is 11.8 Å². The number of fused-ring (bicyclic) bond motifs is 1. The summed E-state index contributed by atoms with van der Waals surface area (Å²) in [5, 5.41) is 11.4. The van der Waals surface area contributed by atoms with Crippen molar-refractivity contribution < 1.29 is 43.4 Å². The first-order valence-corrected chi connectivity index (χ1v) is 14.7. The van der Waals surface area contributed by atoms with Crippen molar-refractivity contribution in [3.05, 3.63) is 48.0 Å². The van der Waals surface area contributed by atoms with Crippen LogP contribution in [0.4, 0.5) is 9.59 Å². The molecule has 0 bridgehead atoms. The number of halogens is 3. The van der Waals surface area contributed by atoms with E-state index in [4.69, 9.17) is 49.1 Å². The maximum Gasteiger partial charge on any atom is 0.437 e. The van der Waals surface area contributed by atoms with Crippen LogP contribution in [0.1, 0.15) is 52.0 Å². The molecule has 0 saturated carbocycles. The predicted octanol–water partition coefficient (Wildman–Crippen LogP) is 5.02. The van der Waals surface area contributed by atoms with Gasteiger partial charge in [-0.05, 0) is 80.4 Å². The molecular weight excluding hydrogens is 629 g/mol. The molecule has 234 valence electrons. The number of imide groups is 1. The number of nitrogens with zero attached hydrogens (tertiary/aromatic N) is 3. The summed E-state index contributed by atoms with van der Waals surface area (Å²) in [4.78, 5) is 74.5. The maximum atomic E-state index is 13.7. The van der Waals surface area contributed by atoms with Crippen molar-refractivity contribution in [2.24, 2.45) is 11.8 Å². The number of carboxylic acid groups (broad SMARTS) is 1. The summed E-state index contributed by atoms with van der Waals surface area (Å²) in [7, 11) is 0. The lowest BCUT2D eigenvalue weighted by Crippen LogP contribution is -2.73. The molecule has 2 unspecified atom stereocenters. The molecule has 2 aliphatic heterocycles. The summed E-state index contributed by atoms with van der Waals surface area (Å²) >= 11 is 17.1. The molecule has 43 heavy (non-hydrogen) atoms. The lowest BCUT2D eigenvalue weighted by Gasteiger charge is -2.50. The highest BCUT2D eigenvalue weighted by molar-refractivity contribution is 6.66. The number of likely N-dealkylation sites (tertiary alicyclic amines) is 2. The fraction of sp³-hybridized carbons (Fsp3) is 0.536. The Kier molecular flexibility index (Phi) is 9.55. The number of aliphatic carboxylic acids is 1. The quantitative estimate of drug-likeness (QED) is 0.193. The second-order valence-electron chi connectivity index (χ2n) is 11.5. The maximum absolute atomic E-state index is 13.7. The van der Waals surface area contributed by atoms with E-state index in [9.17, 15) is 29.1 Å². The fourth-order valence-electron chi connectivity index (χ4n) is 5.57. The minimum absolute atomic E-state index is 0.137. The van der Waals surface area contributed by atoms with Crippen molar-refractivity contribution in [2.75, 3.05) is 6.54 Å². The van der Waals surface area contributed by atoms with Gasteiger partial charge in [0.2, 0.25) is 17.5 Å². The molecule has 4 atom stereocenters. The van der Waals surface area contributed by atoms with Crippen molar-refractivity contribution in [2.45, 2.75) is 74.3 Å². The molecule has 1 aromatic rings. The Morgan fingerprint density at radius 3 is 2.09 bits per heavy atom. The number of hydroxylamine groups is 2. The van der Waals surface area contributed by atoms with E-state index in [-0.39, 0.29) is 25.9 Å². The number of alkyl halides is 3. The molecule has 0 aromatic heterocycles. The highest BCUT2D eigenvalue weighted by atomic mass is 35.6. The molecule has 0 radical (unpaired) electrons. The third kappa shape index (κ3) is 7.03. The monoisotopic (exact) mass is 659 g/mol. The summed E-state index contributed by atoms with van der Waals surface area (Å²) in [5.74, 6) is -4.50. The SMILES string of the molecule is CC(C)(C)OC(=O)N1C[C@H](N(OCc2ccccc2)C(=O)OC(Cl)(Cl)Cl)CC[C@]1(C(=O)O)N1C(=O)C2CC=CCC2C1=O. The minimum atomic E-state index is -2.46. The molecule has 0 spiro atoms. The van der Waals surface area contributed by atoms with Crippen molar-refractivity contribution in [1.29, 1.82) is 0 Å². The molecule has 3 aliphatic rings. The Labute approximate surface area is 263 Å². The van der Waals surface area contributed by atoms with E-state index < -0.39 is 76.1 Å². The Hall–Kier alpha value is -3.06. The molecule has 1 aliphatic carbocycles. The Morgan fingerprint density at radius 1 is 1.00 bits per heavy atom. The van der Waals surface area contributed by atoms with Gasteiger partial charge in [0, 0.05) is 6.42 Å². The second-order valence-corrected chi connectivity index (χ2v) is 13.6. The normalized spacial score (nSPS) is 25.8. The Bertz CT molecular complexity index is 1270. The number of carbonyl (C=O) groups excluding carboxylic acids is 4. The first-order chi connectivity index (χ1) is 20.0. The van der Waals surface area contributed by atoms with Crippen LogP contribution in [0.2, 0.25) is 0 Å². The second kappa shape index (κ2) is 12.5. The van der Waals surface area contributed by atoms with Gasteiger partial charge in [0.15, 0.2) is 0 Å². The van der Waals surface area contributed by atoms with E-state index in [1.807, 2.05) is 0 Å². The summed E-state index contributed by atoms with van der Waals surface area (Å²) in [6.07, 6.45) is 1.11. The van der Waals surface area contributed by atoms with Gasteiger partial charge in [-0.15, -0.1) is 0 Å². The largest absolute Gasteiger partial charge is 0.478 e. The van der Waals surface area contributed by atoms with E-state index in [1.165, 1.54) is 0 Å². The number of ether oxygens (including phenoxy) is 2. The van der Waals surface area contributed by atoms with Gasteiger partial charge in [-0.3, -0.25) is 19.3 Å². The highest BCUT2D eigenvalue weighted by Crippen LogP contribution is 2.44. The summed E-state index contributed by atoms with van der Waals surface area (Å²) in [6.45, 7) is 4.07. The molecule has 15 heteroatoms. The molecule has 2 heterocycles. The van der Waals surface area contributed by atoms with Gasteiger partial charge < -0.3 is 14.6 Å². The highest BCUT2D eigenvalue weighted by Gasteiger charge is 2.64. The van der Waals surface area contributed by atoms with E-state index in [2.05, 4.69) is 0 Å². The van der Waals surface area contributed by atoms with Gasteiger partial charge in [-0.1, -0.05) is 42.5 Å². The van der Waals surface area contributed by atoms with Crippen LogP contribution < -0.4 is 0 Å². The van der Waals surface area contributed by atoms with Crippen LogP contribution in [-0.4, -0.2) is 77.8 Å². The number of amides is 4. The number of carboxylic acids is 1.